The van der Waals surface area contributed by atoms with Crippen LogP contribution in [0.1, 0.15) is 0 Å². The van der Waals surface area contributed by atoms with Gasteiger partial charge in [0.2, 0.25) is 0 Å². The van der Waals surface area contributed by atoms with Gasteiger partial charge in [0, 0.05) is 0 Å². The molecule has 0 nitrogen and oxygen atoms in total. The summed E-state index contributed by atoms with van der Waals surface area (Å²) in [6.45, 7) is 0. The first-order valence-electron chi connectivity index (χ1n) is 2.51. The number of alkyl halides is 8. The number of hydrogen-bond acceptors (Lipinski definition) is 0. The van der Waals surface area contributed by atoms with Crippen LogP contribution >= 0.6 is 22.6 Å². The molecule has 12 heavy (non-hydrogen) atoms. The zero-order valence-electron chi connectivity index (χ0n) is 5.02. The lowest BCUT2D eigenvalue weighted by Gasteiger charge is -2.51. The third-order valence-electron chi connectivity index (χ3n) is 1.58. The van der Waals surface area contributed by atoms with E-state index in [-0.39, 0.29) is 22.6 Å². The first-order valence-corrected chi connectivity index (χ1v) is 3.59. The van der Waals surface area contributed by atoms with Crippen molar-refractivity contribution >= 4 is 22.6 Å². The van der Waals surface area contributed by atoms with Crippen LogP contribution in [0, 0.1) is 0 Å². The molecule has 1 rings (SSSR count). The Hall–Kier alpha value is 0.240. The van der Waals surface area contributed by atoms with Crippen LogP contribution in [-0.2, 0) is 0 Å². The van der Waals surface area contributed by atoms with Gasteiger partial charge in [-0.05, 0) is 22.6 Å². The highest BCUT2D eigenvalue weighted by molar-refractivity contribution is 14.1. The molecule has 0 bridgehead atoms. The molecular weight excluding hydrogens is 308 g/mol. The molecule has 0 N–H and O–H groups in total. The Bertz CT molecular complexity index is 155. The van der Waals surface area contributed by atoms with Gasteiger partial charge in [0.05, 0.1) is 0 Å². The zero-order valence-corrected chi connectivity index (χ0v) is 7.18. The molecule has 0 spiro atoms. The second-order valence-corrected chi connectivity index (χ2v) is 3.78. The van der Waals surface area contributed by atoms with Crippen LogP contribution in [-0.4, -0.2) is 21.4 Å². The fourth-order valence-corrected chi connectivity index (χ4v) is 1.40. The summed E-state index contributed by atoms with van der Waals surface area (Å²) >= 11 is -0.00852. The molecule has 0 aromatic carbocycles. The van der Waals surface area contributed by atoms with Crippen molar-refractivity contribution in [2.45, 2.75) is 21.4 Å². The molecule has 1 saturated carbocycles. The summed E-state index contributed by atoms with van der Waals surface area (Å²) < 4.78 is 79.4. The minimum atomic E-state index is -5.60. The monoisotopic (exact) mass is 308 g/mol. The largest absolute Gasteiger partial charge is 0.380 e. The van der Waals surface area contributed by atoms with Crippen molar-refractivity contribution in [1.29, 1.82) is 0 Å². The van der Waals surface area contributed by atoms with Crippen LogP contribution < -0.4 is 0 Å². The molecule has 1 fully saturated rings. The maximum Gasteiger partial charge on any atom is 0.380 e. The molecule has 8 heteroatoms. The number of rotatable bonds is 0. The molecule has 0 heterocycles. The molecule has 0 aliphatic heterocycles. The van der Waals surface area contributed by atoms with Gasteiger partial charge in [-0.3, -0.25) is 0 Å². The van der Waals surface area contributed by atoms with Crippen LogP contribution in [0.3, 0.4) is 0 Å². The lowest BCUT2D eigenvalue weighted by molar-refractivity contribution is -0.438. The lowest BCUT2D eigenvalue weighted by atomic mass is 9.82. The smallest absolute Gasteiger partial charge is 0.218 e. The van der Waals surface area contributed by atoms with E-state index in [2.05, 4.69) is 0 Å². The first-order chi connectivity index (χ1) is 5.00. The molecule has 0 saturated heterocycles. The molecule has 0 amide bonds. The third-order valence-corrected chi connectivity index (χ3v) is 2.93. The van der Waals surface area contributed by atoms with Gasteiger partial charge in [-0.15, -0.1) is 0 Å². The van der Waals surface area contributed by atoms with Crippen molar-refractivity contribution in [2.75, 3.05) is 0 Å². The standard InChI is InChI=1S/C4F7I/c5-1(6)2(7,8)4(11,12)3(1,9)10. The highest BCUT2D eigenvalue weighted by Gasteiger charge is 2.99. The van der Waals surface area contributed by atoms with E-state index in [4.69, 9.17) is 0 Å². The number of halogens is 8. The van der Waals surface area contributed by atoms with Gasteiger partial charge in [0.25, 0.3) is 3.68 Å². The lowest BCUT2D eigenvalue weighted by Crippen LogP contribution is -2.81. The summed E-state index contributed by atoms with van der Waals surface area (Å²) in [6, 6.07) is 0. The maximum absolute atomic E-state index is 12.3. The predicted octanol–water partition coefficient (Wildman–Crippen LogP) is 3.01. The van der Waals surface area contributed by atoms with Crippen LogP contribution in [0.5, 0.6) is 0 Å². The molecule has 0 atom stereocenters. The van der Waals surface area contributed by atoms with Crippen molar-refractivity contribution in [3.8, 4) is 0 Å². The van der Waals surface area contributed by atoms with E-state index in [0.29, 0.717) is 0 Å². The summed E-state index contributed by atoms with van der Waals surface area (Å²) in [7, 11) is 0. The predicted molar refractivity (Wildman–Crippen MR) is 32.7 cm³/mol. The summed E-state index contributed by atoms with van der Waals surface area (Å²) in [5.41, 5.74) is 0. The van der Waals surface area contributed by atoms with E-state index in [0.717, 1.165) is 0 Å². The minimum absolute atomic E-state index is 0.00852. The Labute approximate surface area is 75.2 Å². The van der Waals surface area contributed by atoms with Crippen molar-refractivity contribution in [3.05, 3.63) is 0 Å². The molecule has 0 aromatic rings. The fraction of sp³-hybridized carbons (Fsp3) is 1.00. The van der Waals surface area contributed by atoms with Gasteiger partial charge in [0.1, 0.15) is 0 Å². The Morgan fingerprint density at radius 3 is 0.917 bits per heavy atom. The molecule has 0 radical (unpaired) electrons. The van der Waals surface area contributed by atoms with Crippen LogP contribution in [0.25, 0.3) is 0 Å². The van der Waals surface area contributed by atoms with Gasteiger partial charge in [-0.25, -0.2) is 4.39 Å². The van der Waals surface area contributed by atoms with E-state index < -0.39 is 21.4 Å². The van der Waals surface area contributed by atoms with Crippen molar-refractivity contribution in [2.24, 2.45) is 0 Å². The van der Waals surface area contributed by atoms with Gasteiger partial charge in [0.15, 0.2) is 0 Å². The molecular formula is C4F7I. The molecule has 1 aliphatic rings. The normalized spacial score (nSPS) is 34.0. The van der Waals surface area contributed by atoms with Gasteiger partial charge >= 0.3 is 17.8 Å². The maximum atomic E-state index is 12.3. The summed E-state index contributed by atoms with van der Waals surface area (Å²) in [5.74, 6) is -16.2. The number of hydrogen-bond donors (Lipinski definition) is 0. The van der Waals surface area contributed by atoms with Crippen molar-refractivity contribution in [3.63, 3.8) is 0 Å². The summed E-state index contributed by atoms with van der Waals surface area (Å²) in [4.78, 5) is 0. The van der Waals surface area contributed by atoms with Crippen LogP contribution in [0.4, 0.5) is 30.7 Å². The zero-order chi connectivity index (χ0) is 10.0. The fourth-order valence-electron chi connectivity index (χ4n) is 0.726. The average molecular weight is 308 g/mol. The Morgan fingerprint density at radius 2 is 0.833 bits per heavy atom. The van der Waals surface area contributed by atoms with Crippen LogP contribution in [0.2, 0.25) is 0 Å². The summed E-state index contributed by atoms with van der Waals surface area (Å²) in [5, 5.41) is 0. The Balaban J connectivity index is 3.16. The van der Waals surface area contributed by atoms with Gasteiger partial charge in [-0.2, -0.15) is 26.3 Å². The average Bonchev–Trinajstić information content (AvgIpc) is 1.84. The topological polar surface area (TPSA) is 0 Å². The first kappa shape index (κ1) is 10.3. The van der Waals surface area contributed by atoms with E-state index in [1.54, 1.807) is 0 Å². The van der Waals surface area contributed by atoms with Crippen molar-refractivity contribution in [1.82, 2.24) is 0 Å². The van der Waals surface area contributed by atoms with Gasteiger partial charge < -0.3 is 0 Å². The SMILES string of the molecule is FC1(F)C(F)(F)C(F)(I)C1(F)F. The summed E-state index contributed by atoms with van der Waals surface area (Å²) in [6.07, 6.45) is 0. The quantitative estimate of drug-likeness (QED) is 0.367. The highest BCUT2D eigenvalue weighted by Crippen LogP contribution is 2.71. The van der Waals surface area contributed by atoms with Gasteiger partial charge in [-0.1, -0.05) is 0 Å². The molecule has 0 unspecified atom stereocenters. The van der Waals surface area contributed by atoms with Crippen LogP contribution in [0.15, 0.2) is 0 Å². The minimum Gasteiger partial charge on any atom is -0.218 e. The van der Waals surface area contributed by atoms with E-state index in [1.165, 1.54) is 0 Å². The highest BCUT2D eigenvalue weighted by atomic mass is 127. The Morgan fingerprint density at radius 1 is 0.583 bits per heavy atom. The third kappa shape index (κ3) is 0.666. The second kappa shape index (κ2) is 2.01. The molecule has 0 aromatic heterocycles. The molecule has 1 aliphatic carbocycles. The van der Waals surface area contributed by atoms with E-state index in [9.17, 15) is 30.7 Å². The molecule has 72 valence electrons. The second-order valence-electron chi connectivity index (χ2n) is 2.30. The van der Waals surface area contributed by atoms with E-state index in [1.807, 2.05) is 0 Å². The van der Waals surface area contributed by atoms with Crippen molar-refractivity contribution < 1.29 is 30.7 Å². The van der Waals surface area contributed by atoms with E-state index >= 15 is 0 Å². The Kier molecular flexibility index (Phi) is 1.73.